The molecule has 0 aromatic carbocycles. The summed E-state index contributed by atoms with van der Waals surface area (Å²) in [6.07, 6.45) is 4.07. The maximum absolute atomic E-state index is 12.5. The highest BCUT2D eigenvalue weighted by molar-refractivity contribution is 5.92. The van der Waals surface area contributed by atoms with Crippen LogP contribution in [0.25, 0.3) is 0 Å². The number of hydrogen-bond acceptors (Lipinski definition) is 4. The van der Waals surface area contributed by atoms with Crippen molar-refractivity contribution >= 4 is 11.6 Å². The van der Waals surface area contributed by atoms with Gasteiger partial charge in [-0.2, -0.15) is 0 Å². The lowest BCUT2D eigenvalue weighted by Gasteiger charge is -2.35. The molecule has 2 saturated heterocycles. The van der Waals surface area contributed by atoms with Crippen LogP contribution in [0.4, 0.5) is 5.69 Å². The predicted octanol–water partition coefficient (Wildman–Crippen LogP) is 2.10. The smallest absolute Gasteiger partial charge is 0.272 e. The number of amides is 1. The monoisotopic (exact) mass is 316 g/mol. The molecule has 126 valence electrons. The summed E-state index contributed by atoms with van der Waals surface area (Å²) >= 11 is 0. The summed E-state index contributed by atoms with van der Waals surface area (Å²) in [5, 5.41) is 0. The van der Waals surface area contributed by atoms with Crippen LogP contribution < -0.4 is 4.90 Å². The molecule has 0 bridgehead atoms. The van der Waals surface area contributed by atoms with Crippen LogP contribution in [0.3, 0.4) is 0 Å². The van der Waals surface area contributed by atoms with Crippen LogP contribution in [0.1, 0.15) is 37.2 Å². The number of piperazine rings is 1. The Bertz CT molecular complexity index is 514. The number of pyridine rings is 1. The van der Waals surface area contributed by atoms with Crippen molar-refractivity contribution in [2.24, 2.45) is 5.92 Å². The molecule has 0 radical (unpaired) electrons. The summed E-state index contributed by atoms with van der Waals surface area (Å²) in [6, 6.07) is 3.94. The van der Waals surface area contributed by atoms with Gasteiger partial charge in [0.2, 0.25) is 0 Å². The van der Waals surface area contributed by atoms with E-state index in [4.69, 9.17) is 0 Å². The van der Waals surface area contributed by atoms with Gasteiger partial charge in [-0.3, -0.25) is 4.79 Å². The zero-order chi connectivity index (χ0) is 16.2. The van der Waals surface area contributed by atoms with Gasteiger partial charge in [0.15, 0.2) is 0 Å². The standard InChI is InChI=1S/C18H28N4O/c1-3-20-10-12-21(13-11-20)16-4-5-17(19-14-16)18(23)22-8-6-15(2)7-9-22/h4-5,14-15H,3,6-13H2,1-2H3. The number of likely N-dealkylation sites (tertiary alicyclic amines) is 1. The molecule has 23 heavy (non-hydrogen) atoms. The summed E-state index contributed by atoms with van der Waals surface area (Å²) in [6.45, 7) is 11.6. The minimum absolute atomic E-state index is 0.0826. The fourth-order valence-corrected chi connectivity index (χ4v) is 3.40. The average Bonchev–Trinajstić information content (AvgIpc) is 2.62. The Morgan fingerprint density at radius 3 is 2.39 bits per heavy atom. The minimum Gasteiger partial charge on any atom is -0.368 e. The van der Waals surface area contributed by atoms with Gasteiger partial charge in [-0.05, 0) is 37.4 Å². The molecule has 2 fully saturated rings. The lowest BCUT2D eigenvalue weighted by molar-refractivity contribution is 0.0691. The lowest BCUT2D eigenvalue weighted by Crippen LogP contribution is -2.46. The molecule has 1 aromatic rings. The van der Waals surface area contributed by atoms with E-state index < -0.39 is 0 Å². The molecule has 1 amide bonds. The highest BCUT2D eigenvalue weighted by Crippen LogP contribution is 2.19. The highest BCUT2D eigenvalue weighted by Gasteiger charge is 2.22. The maximum atomic E-state index is 12.5. The van der Waals surface area contributed by atoms with E-state index in [2.05, 4.69) is 34.7 Å². The summed E-state index contributed by atoms with van der Waals surface area (Å²) in [4.78, 5) is 23.7. The molecule has 5 nitrogen and oxygen atoms in total. The van der Waals surface area contributed by atoms with Crippen molar-refractivity contribution in [1.29, 1.82) is 0 Å². The van der Waals surface area contributed by atoms with E-state index in [0.29, 0.717) is 5.69 Å². The van der Waals surface area contributed by atoms with Crippen LogP contribution in [0.15, 0.2) is 18.3 Å². The van der Waals surface area contributed by atoms with Gasteiger partial charge in [0.25, 0.3) is 5.91 Å². The number of rotatable bonds is 3. The van der Waals surface area contributed by atoms with Crippen molar-refractivity contribution in [2.75, 3.05) is 50.7 Å². The summed E-state index contributed by atoms with van der Waals surface area (Å²) in [5.74, 6) is 0.815. The molecule has 3 rings (SSSR count). The van der Waals surface area contributed by atoms with Crippen molar-refractivity contribution < 1.29 is 4.79 Å². The van der Waals surface area contributed by atoms with Gasteiger partial charge in [-0.25, -0.2) is 4.98 Å². The van der Waals surface area contributed by atoms with Crippen LogP contribution in [0.2, 0.25) is 0 Å². The van der Waals surface area contributed by atoms with Gasteiger partial charge < -0.3 is 14.7 Å². The Morgan fingerprint density at radius 2 is 1.83 bits per heavy atom. The van der Waals surface area contributed by atoms with Crippen LogP contribution in [0, 0.1) is 5.92 Å². The third-order valence-corrected chi connectivity index (χ3v) is 5.22. The Hall–Kier alpha value is -1.62. The first kappa shape index (κ1) is 16.2. The van der Waals surface area contributed by atoms with Crippen LogP contribution in [0.5, 0.6) is 0 Å². The molecule has 0 N–H and O–H groups in total. The number of nitrogens with zero attached hydrogens (tertiary/aromatic N) is 4. The van der Waals surface area contributed by atoms with E-state index in [1.807, 2.05) is 17.2 Å². The average molecular weight is 316 g/mol. The molecule has 0 spiro atoms. The molecule has 0 aliphatic carbocycles. The lowest BCUT2D eigenvalue weighted by atomic mass is 9.99. The van der Waals surface area contributed by atoms with Crippen molar-refractivity contribution in [3.63, 3.8) is 0 Å². The minimum atomic E-state index is 0.0826. The molecule has 2 aliphatic rings. The van der Waals surface area contributed by atoms with E-state index in [1.165, 1.54) is 0 Å². The van der Waals surface area contributed by atoms with E-state index in [9.17, 15) is 4.79 Å². The van der Waals surface area contributed by atoms with Crippen molar-refractivity contribution in [1.82, 2.24) is 14.8 Å². The van der Waals surface area contributed by atoms with Crippen LogP contribution >= 0.6 is 0 Å². The quantitative estimate of drug-likeness (QED) is 0.856. The first-order valence-corrected chi connectivity index (χ1v) is 8.90. The second kappa shape index (κ2) is 7.30. The first-order valence-electron chi connectivity index (χ1n) is 8.90. The normalized spacial score (nSPS) is 20.8. The second-order valence-electron chi connectivity index (χ2n) is 6.80. The molecular formula is C18H28N4O. The van der Waals surface area contributed by atoms with Gasteiger partial charge in [0.05, 0.1) is 11.9 Å². The SMILES string of the molecule is CCN1CCN(c2ccc(C(=O)N3CCC(C)CC3)nc2)CC1. The van der Waals surface area contributed by atoms with E-state index >= 15 is 0 Å². The van der Waals surface area contributed by atoms with Crippen molar-refractivity contribution in [2.45, 2.75) is 26.7 Å². The number of hydrogen-bond donors (Lipinski definition) is 0. The summed E-state index contributed by atoms with van der Waals surface area (Å²) in [5.41, 5.74) is 1.71. The number of carbonyl (C=O) groups is 1. The number of anilines is 1. The molecule has 0 saturated carbocycles. The van der Waals surface area contributed by atoms with Gasteiger partial charge >= 0.3 is 0 Å². The third-order valence-electron chi connectivity index (χ3n) is 5.22. The van der Waals surface area contributed by atoms with E-state index in [0.717, 1.165) is 70.3 Å². The van der Waals surface area contributed by atoms with E-state index in [-0.39, 0.29) is 5.91 Å². The third kappa shape index (κ3) is 3.83. The summed E-state index contributed by atoms with van der Waals surface area (Å²) in [7, 11) is 0. The Kier molecular flexibility index (Phi) is 5.16. The Balaban J connectivity index is 1.60. The van der Waals surface area contributed by atoms with Crippen LogP contribution in [-0.2, 0) is 0 Å². The van der Waals surface area contributed by atoms with Gasteiger partial charge in [0, 0.05) is 39.3 Å². The molecule has 2 aliphatic heterocycles. The zero-order valence-corrected chi connectivity index (χ0v) is 14.4. The van der Waals surface area contributed by atoms with Crippen molar-refractivity contribution in [3.05, 3.63) is 24.0 Å². The second-order valence-corrected chi connectivity index (χ2v) is 6.80. The first-order chi connectivity index (χ1) is 11.2. The molecule has 5 heteroatoms. The molecular weight excluding hydrogens is 288 g/mol. The number of likely N-dealkylation sites (N-methyl/N-ethyl adjacent to an activating group) is 1. The van der Waals surface area contributed by atoms with Crippen LogP contribution in [-0.4, -0.2) is 66.5 Å². The topological polar surface area (TPSA) is 39.7 Å². The zero-order valence-electron chi connectivity index (χ0n) is 14.4. The Labute approximate surface area is 139 Å². The molecule has 0 atom stereocenters. The number of piperidine rings is 1. The number of aromatic nitrogens is 1. The highest BCUT2D eigenvalue weighted by atomic mass is 16.2. The van der Waals surface area contributed by atoms with Crippen molar-refractivity contribution in [3.8, 4) is 0 Å². The maximum Gasteiger partial charge on any atom is 0.272 e. The van der Waals surface area contributed by atoms with Gasteiger partial charge in [-0.15, -0.1) is 0 Å². The van der Waals surface area contributed by atoms with Gasteiger partial charge in [0.1, 0.15) is 5.69 Å². The fraction of sp³-hybridized carbons (Fsp3) is 0.667. The molecule has 3 heterocycles. The number of carbonyl (C=O) groups excluding carboxylic acids is 1. The van der Waals surface area contributed by atoms with Gasteiger partial charge in [-0.1, -0.05) is 13.8 Å². The molecule has 0 unspecified atom stereocenters. The molecule has 1 aromatic heterocycles. The largest absolute Gasteiger partial charge is 0.368 e. The fourth-order valence-electron chi connectivity index (χ4n) is 3.40. The Morgan fingerprint density at radius 1 is 1.13 bits per heavy atom. The van der Waals surface area contributed by atoms with E-state index in [1.54, 1.807) is 0 Å². The summed E-state index contributed by atoms with van der Waals surface area (Å²) < 4.78 is 0. The predicted molar refractivity (Wildman–Crippen MR) is 92.9 cm³/mol.